The van der Waals surface area contributed by atoms with Crippen LogP contribution in [-0.4, -0.2) is 54.1 Å². The molecule has 4 rings (SSSR count). The van der Waals surface area contributed by atoms with Crippen molar-refractivity contribution in [2.75, 3.05) is 45.1 Å². The second-order valence-electron chi connectivity index (χ2n) is 8.01. The summed E-state index contributed by atoms with van der Waals surface area (Å²) >= 11 is 0. The van der Waals surface area contributed by atoms with Crippen molar-refractivity contribution in [1.82, 2.24) is 14.4 Å². The standard InChI is InChI=1S/C24H31N4/c1-19-20(2)28(13-7-12-27-16-14-26(3)15-17-27)24-11-10-22(18-23(19)24)25-21-8-5-4-6-9-21/h5-6,8-11,18,25H,7,12-17H2,1-3H3. The number of nitrogens with zero attached hydrogens (tertiary/aromatic N) is 3. The Morgan fingerprint density at radius 1 is 0.929 bits per heavy atom. The Hall–Kier alpha value is -2.30. The molecular weight excluding hydrogens is 344 g/mol. The summed E-state index contributed by atoms with van der Waals surface area (Å²) < 4.78 is 2.50. The topological polar surface area (TPSA) is 23.4 Å². The third-order valence-electron chi connectivity index (χ3n) is 6.10. The Labute approximate surface area is 168 Å². The Balaban J connectivity index is 1.47. The number of benzene rings is 2. The molecule has 3 aromatic rings. The highest BCUT2D eigenvalue weighted by Crippen LogP contribution is 2.29. The highest BCUT2D eigenvalue weighted by Gasteiger charge is 2.15. The number of anilines is 2. The van der Waals surface area contributed by atoms with Crippen molar-refractivity contribution in [3.05, 3.63) is 59.8 Å². The smallest absolute Gasteiger partial charge is 0.0486 e. The average Bonchev–Trinajstić information content (AvgIpc) is 2.95. The number of hydrogen-bond acceptors (Lipinski definition) is 3. The first kappa shape index (κ1) is 19.0. The molecule has 4 nitrogen and oxygen atoms in total. The van der Waals surface area contributed by atoms with Crippen molar-refractivity contribution in [2.24, 2.45) is 0 Å². The molecule has 0 aliphatic carbocycles. The average molecular weight is 376 g/mol. The fraction of sp³-hybridized carbons (Fsp3) is 0.417. The number of hydrogen-bond donors (Lipinski definition) is 1. The van der Waals surface area contributed by atoms with Gasteiger partial charge in [0.25, 0.3) is 0 Å². The van der Waals surface area contributed by atoms with E-state index in [0.29, 0.717) is 0 Å². The van der Waals surface area contributed by atoms with Gasteiger partial charge < -0.3 is 19.7 Å². The predicted octanol–water partition coefficient (Wildman–Crippen LogP) is 4.44. The number of piperazine rings is 1. The summed E-state index contributed by atoms with van der Waals surface area (Å²) in [5.41, 5.74) is 6.36. The first-order valence-electron chi connectivity index (χ1n) is 10.4. The molecular formula is C24H31N4. The van der Waals surface area contributed by atoms with Crippen LogP contribution in [0.1, 0.15) is 17.7 Å². The zero-order valence-corrected chi connectivity index (χ0v) is 17.3. The molecule has 1 N–H and O–H groups in total. The fourth-order valence-corrected chi connectivity index (χ4v) is 4.18. The molecule has 2 aromatic carbocycles. The number of likely N-dealkylation sites (N-methyl/N-ethyl adjacent to an activating group) is 1. The molecule has 0 atom stereocenters. The Morgan fingerprint density at radius 3 is 2.43 bits per heavy atom. The zero-order valence-electron chi connectivity index (χ0n) is 17.3. The first-order valence-corrected chi connectivity index (χ1v) is 10.4. The molecule has 4 heteroatoms. The molecule has 1 radical (unpaired) electrons. The Kier molecular flexibility index (Phi) is 5.69. The maximum Gasteiger partial charge on any atom is 0.0486 e. The fourth-order valence-electron chi connectivity index (χ4n) is 4.18. The molecule has 2 heterocycles. The van der Waals surface area contributed by atoms with Crippen LogP contribution in [0.3, 0.4) is 0 Å². The summed E-state index contributed by atoms with van der Waals surface area (Å²) in [7, 11) is 2.22. The van der Waals surface area contributed by atoms with Crippen molar-refractivity contribution in [2.45, 2.75) is 26.8 Å². The van der Waals surface area contributed by atoms with E-state index < -0.39 is 0 Å². The summed E-state index contributed by atoms with van der Waals surface area (Å²) in [5, 5.41) is 4.85. The van der Waals surface area contributed by atoms with Gasteiger partial charge in [-0.3, -0.25) is 0 Å². The van der Waals surface area contributed by atoms with Crippen LogP contribution < -0.4 is 5.32 Å². The highest BCUT2D eigenvalue weighted by atomic mass is 15.2. The van der Waals surface area contributed by atoms with Crippen LogP contribution in [0.5, 0.6) is 0 Å². The van der Waals surface area contributed by atoms with E-state index in [1.165, 1.54) is 61.3 Å². The second kappa shape index (κ2) is 8.38. The molecule has 1 aliphatic heterocycles. The van der Waals surface area contributed by atoms with E-state index in [2.05, 4.69) is 64.8 Å². The third-order valence-corrected chi connectivity index (χ3v) is 6.10. The largest absolute Gasteiger partial charge is 0.356 e. The lowest BCUT2D eigenvalue weighted by molar-refractivity contribution is 0.151. The van der Waals surface area contributed by atoms with E-state index in [1.807, 2.05) is 24.3 Å². The minimum atomic E-state index is 1.09. The summed E-state index contributed by atoms with van der Waals surface area (Å²) in [6.07, 6.45) is 1.20. The van der Waals surface area contributed by atoms with Crippen molar-refractivity contribution in [3.8, 4) is 0 Å². The van der Waals surface area contributed by atoms with Crippen molar-refractivity contribution >= 4 is 22.3 Å². The van der Waals surface area contributed by atoms with Crippen LogP contribution in [0.2, 0.25) is 0 Å². The van der Waals surface area contributed by atoms with Gasteiger partial charge in [0.05, 0.1) is 0 Å². The van der Waals surface area contributed by atoms with E-state index in [9.17, 15) is 0 Å². The van der Waals surface area contributed by atoms with Gasteiger partial charge in [0.2, 0.25) is 0 Å². The van der Waals surface area contributed by atoms with E-state index in [0.717, 1.165) is 17.9 Å². The molecule has 0 unspecified atom stereocenters. The number of fused-ring (bicyclic) bond motifs is 1. The van der Waals surface area contributed by atoms with Crippen molar-refractivity contribution in [1.29, 1.82) is 0 Å². The number of nitrogens with one attached hydrogen (secondary N) is 1. The van der Waals surface area contributed by atoms with Gasteiger partial charge in [0.1, 0.15) is 0 Å². The van der Waals surface area contributed by atoms with Crippen LogP contribution in [0.25, 0.3) is 10.9 Å². The van der Waals surface area contributed by atoms with Gasteiger partial charge in [-0.05, 0) is 75.8 Å². The lowest BCUT2D eigenvalue weighted by atomic mass is 10.1. The lowest BCUT2D eigenvalue weighted by Gasteiger charge is -2.32. The van der Waals surface area contributed by atoms with Crippen LogP contribution in [0, 0.1) is 19.9 Å². The number of rotatable bonds is 6. The molecule has 0 bridgehead atoms. The molecule has 1 fully saturated rings. The normalized spacial score (nSPS) is 16.0. The lowest BCUT2D eigenvalue weighted by Crippen LogP contribution is -2.44. The molecule has 147 valence electrons. The van der Waals surface area contributed by atoms with Crippen molar-refractivity contribution in [3.63, 3.8) is 0 Å². The van der Waals surface area contributed by atoms with Crippen LogP contribution >= 0.6 is 0 Å². The first-order chi connectivity index (χ1) is 13.6. The molecule has 1 aliphatic rings. The number of aryl methyl sites for hydroxylation is 2. The summed E-state index contributed by atoms with van der Waals surface area (Å²) in [5.74, 6) is 0. The van der Waals surface area contributed by atoms with Gasteiger partial charge in [0, 0.05) is 60.7 Å². The second-order valence-corrected chi connectivity index (χ2v) is 8.01. The quantitative estimate of drug-likeness (QED) is 0.689. The molecule has 1 saturated heterocycles. The summed E-state index contributed by atoms with van der Waals surface area (Å²) in [6, 6.07) is 17.8. The summed E-state index contributed by atoms with van der Waals surface area (Å²) in [6.45, 7) is 11.6. The predicted molar refractivity (Wildman–Crippen MR) is 119 cm³/mol. The van der Waals surface area contributed by atoms with Gasteiger partial charge in [-0.2, -0.15) is 0 Å². The van der Waals surface area contributed by atoms with E-state index in [4.69, 9.17) is 0 Å². The molecule has 1 aromatic heterocycles. The molecule has 28 heavy (non-hydrogen) atoms. The Morgan fingerprint density at radius 2 is 1.68 bits per heavy atom. The van der Waals surface area contributed by atoms with Crippen LogP contribution in [0.15, 0.2) is 42.5 Å². The molecule has 0 amide bonds. The van der Waals surface area contributed by atoms with Gasteiger partial charge in [-0.1, -0.05) is 12.1 Å². The van der Waals surface area contributed by atoms with Crippen LogP contribution in [0.4, 0.5) is 11.4 Å². The van der Waals surface area contributed by atoms with Crippen LogP contribution in [-0.2, 0) is 6.54 Å². The number of aromatic nitrogens is 1. The summed E-state index contributed by atoms with van der Waals surface area (Å²) in [4.78, 5) is 5.02. The van der Waals surface area contributed by atoms with E-state index >= 15 is 0 Å². The molecule has 0 spiro atoms. The minimum Gasteiger partial charge on any atom is -0.356 e. The maximum atomic E-state index is 3.50. The van der Waals surface area contributed by atoms with Gasteiger partial charge in [-0.25, -0.2) is 0 Å². The van der Waals surface area contributed by atoms with Crippen molar-refractivity contribution < 1.29 is 0 Å². The zero-order chi connectivity index (χ0) is 19.5. The van der Waals surface area contributed by atoms with E-state index in [-0.39, 0.29) is 0 Å². The SMILES string of the molecule is Cc1c(C)n(CCCN2CCN(C)CC2)c2ccc(Nc3cc[c]cc3)cc12. The third kappa shape index (κ3) is 4.08. The molecule has 0 saturated carbocycles. The van der Waals surface area contributed by atoms with Gasteiger partial charge in [0.15, 0.2) is 0 Å². The Bertz CT molecular complexity index is 921. The van der Waals surface area contributed by atoms with Gasteiger partial charge in [-0.15, -0.1) is 0 Å². The maximum absolute atomic E-state index is 3.50. The van der Waals surface area contributed by atoms with Gasteiger partial charge >= 0.3 is 0 Å². The highest BCUT2D eigenvalue weighted by molar-refractivity contribution is 5.89. The monoisotopic (exact) mass is 375 g/mol. The minimum absolute atomic E-state index is 1.09. The van der Waals surface area contributed by atoms with E-state index in [1.54, 1.807) is 0 Å².